The third-order valence-corrected chi connectivity index (χ3v) is 3.25. The molecule has 0 bridgehead atoms. The molecule has 0 aromatic heterocycles. The average molecular weight is 240 g/mol. The molecule has 94 valence electrons. The molecule has 0 amide bonds. The lowest BCUT2D eigenvalue weighted by Crippen LogP contribution is -2.02. The summed E-state index contributed by atoms with van der Waals surface area (Å²) < 4.78 is 5.73. The Morgan fingerprint density at radius 2 is 1.50 bits per heavy atom. The number of rotatable bonds is 5. The lowest BCUT2D eigenvalue weighted by atomic mass is 10.0. The van der Waals surface area contributed by atoms with Crippen LogP contribution in [0.1, 0.15) is 22.3 Å². The van der Waals surface area contributed by atoms with Gasteiger partial charge >= 0.3 is 0 Å². The van der Waals surface area contributed by atoms with Crippen molar-refractivity contribution in [2.75, 3.05) is 6.61 Å². The van der Waals surface area contributed by atoms with Crippen molar-refractivity contribution in [2.45, 2.75) is 26.9 Å². The van der Waals surface area contributed by atoms with Crippen LogP contribution in [0.5, 0.6) is 0 Å². The molecule has 0 aliphatic rings. The first-order valence-corrected chi connectivity index (χ1v) is 6.44. The predicted molar refractivity (Wildman–Crippen MR) is 75.7 cm³/mol. The highest BCUT2D eigenvalue weighted by molar-refractivity contribution is 5.33. The van der Waals surface area contributed by atoms with Gasteiger partial charge in [0.05, 0.1) is 13.2 Å². The molecule has 1 heteroatoms. The molecular formula is C17H20O. The normalized spacial score (nSPS) is 10.6. The van der Waals surface area contributed by atoms with Gasteiger partial charge in [0, 0.05) is 0 Å². The Hall–Kier alpha value is -1.60. The van der Waals surface area contributed by atoms with Crippen LogP contribution in [0, 0.1) is 13.8 Å². The first kappa shape index (κ1) is 12.8. The van der Waals surface area contributed by atoms with Crippen molar-refractivity contribution in [1.29, 1.82) is 0 Å². The largest absolute Gasteiger partial charge is 0.376 e. The van der Waals surface area contributed by atoms with Crippen molar-refractivity contribution in [3.63, 3.8) is 0 Å². The molecule has 0 unspecified atom stereocenters. The van der Waals surface area contributed by atoms with Crippen LogP contribution >= 0.6 is 0 Å². The molecule has 0 spiro atoms. The van der Waals surface area contributed by atoms with E-state index in [4.69, 9.17) is 4.74 Å². The Kier molecular flexibility index (Phi) is 4.54. The number of hydrogen-bond acceptors (Lipinski definition) is 1. The molecule has 0 saturated carbocycles. The molecule has 0 radical (unpaired) electrons. The van der Waals surface area contributed by atoms with Crippen molar-refractivity contribution in [3.8, 4) is 0 Å². The minimum atomic E-state index is 0.700. The van der Waals surface area contributed by atoms with E-state index in [1.165, 1.54) is 22.3 Å². The van der Waals surface area contributed by atoms with Crippen molar-refractivity contribution < 1.29 is 4.74 Å². The molecule has 1 nitrogen and oxygen atoms in total. The fourth-order valence-corrected chi connectivity index (χ4v) is 2.18. The Morgan fingerprint density at radius 1 is 0.833 bits per heavy atom. The summed E-state index contributed by atoms with van der Waals surface area (Å²) in [5.41, 5.74) is 5.38. The molecule has 0 aliphatic heterocycles. The van der Waals surface area contributed by atoms with Crippen LogP contribution in [0.3, 0.4) is 0 Å². The zero-order valence-corrected chi connectivity index (χ0v) is 11.1. The van der Waals surface area contributed by atoms with Gasteiger partial charge in [-0.25, -0.2) is 0 Å². The summed E-state index contributed by atoms with van der Waals surface area (Å²) in [5, 5.41) is 0. The number of ether oxygens (including phenoxy) is 1. The Morgan fingerprint density at radius 3 is 2.17 bits per heavy atom. The molecule has 0 fully saturated rings. The fraction of sp³-hybridized carbons (Fsp3) is 0.294. The molecule has 0 heterocycles. The zero-order chi connectivity index (χ0) is 12.8. The lowest BCUT2D eigenvalue weighted by Gasteiger charge is -2.10. The maximum atomic E-state index is 5.73. The summed E-state index contributed by atoms with van der Waals surface area (Å²) in [5.74, 6) is 0. The number of aryl methyl sites for hydroxylation is 2. The highest BCUT2D eigenvalue weighted by atomic mass is 16.5. The van der Waals surface area contributed by atoms with E-state index in [-0.39, 0.29) is 0 Å². The summed E-state index contributed by atoms with van der Waals surface area (Å²) in [6, 6.07) is 16.8. The fourth-order valence-electron chi connectivity index (χ4n) is 2.18. The zero-order valence-electron chi connectivity index (χ0n) is 11.1. The van der Waals surface area contributed by atoms with Crippen molar-refractivity contribution in [1.82, 2.24) is 0 Å². The van der Waals surface area contributed by atoms with Crippen LogP contribution in [-0.2, 0) is 17.8 Å². The Balaban J connectivity index is 1.82. The third-order valence-electron chi connectivity index (χ3n) is 3.25. The highest BCUT2D eigenvalue weighted by Gasteiger charge is 2.01. The maximum Gasteiger partial charge on any atom is 0.0717 e. The van der Waals surface area contributed by atoms with E-state index in [1.54, 1.807) is 0 Å². The van der Waals surface area contributed by atoms with Crippen molar-refractivity contribution in [2.24, 2.45) is 0 Å². The van der Waals surface area contributed by atoms with Gasteiger partial charge in [0.15, 0.2) is 0 Å². The van der Waals surface area contributed by atoms with Gasteiger partial charge < -0.3 is 4.74 Å². The lowest BCUT2D eigenvalue weighted by molar-refractivity contribution is 0.123. The van der Waals surface area contributed by atoms with Gasteiger partial charge in [-0.05, 0) is 42.5 Å². The molecule has 0 N–H and O–H groups in total. The van der Waals surface area contributed by atoms with Gasteiger partial charge in [-0.1, -0.05) is 48.5 Å². The molecule has 18 heavy (non-hydrogen) atoms. The van der Waals surface area contributed by atoms with Crippen molar-refractivity contribution >= 4 is 0 Å². The van der Waals surface area contributed by atoms with E-state index in [2.05, 4.69) is 44.2 Å². The summed E-state index contributed by atoms with van der Waals surface area (Å²) in [6.45, 7) is 5.81. The summed E-state index contributed by atoms with van der Waals surface area (Å²) in [6.07, 6.45) is 0.991. The second-order valence-corrected chi connectivity index (χ2v) is 4.66. The van der Waals surface area contributed by atoms with Gasteiger partial charge in [-0.2, -0.15) is 0 Å². The van der Waals surface area contributed by atoms with E-state index < -0.39 is 0 Å². The van der Waals surface area contributed by atoms with Gasteiger partial charge in [0.1, 0.15) is 0 Å². The van der Waals surface area contributed by atoms with Crippen LogP contribution in [0.25, 0.3) is 0 Å². The molecule has 0 saturated heterocycles. The van der Waals surface area contributed by atoms with Gasteiger partial charge in [0.2, 0.25) is 0 Å². The summed E-state index contributed by atoms with van der Waals surface area (Å²) in [7, 11) is 0. The van der Waals surface area contributed by atoms with E-state index >= 15 is 0 Å². The van der Waals surface area contributed by atoms with Gasteiger partial charge in [0.25, 0.3) is 0 Å². The summed E-state index contributed by atoms with van der Waals surface area (Å²) in [4.78, 5) is 0. The van der Waals surface area contributed by atoms with E-state index in [1.807, 2.05) is 18.2 Å². The van der Waals surface area contributed by atoms with Crippen LogP contribution < -0.4 is 0 Å². The van der Waals surface area contributed by atoms with Crippen LogP contribution in [0.2, 0.25) is 0 Å². The van der Waals surface area contributed by atoms with E-state index in [0.717, 1.165) is 13.0 Å². The third kappa shape index (κ3) is 3.44. The Labute approximate surface area is 109 Å². The first-order valence-electron chi connectivity index (χ1n) is 6.44. The molecule has 2 rings (SSSR count). The van der Waals surface area contributed by atoms with Crippen LogP contribution in [0.15, 0.2) is 48.5 Å². The Bertz CT molecular complexity index is 468. The minimum absolute atomic E-state index is 0.700. The monoisotopic (exact) mass is 240 g/mol. The molecular weight excluding hydrogens is 220 g/mol. The maximum absolute atomic E-state index is 5.73. The van der Waals surface area contributed by atoms with Crippen molar-refractivity contribution in [3.05, 3.63) is 70.8 Å². The number of benzene rings is 2. The first-order chi connectivity index (χ1) is 8.77. The molecule has 2 aromatic rings. The highest BCUT2D eigenvalue weighted by Crippen LogP contribution is 2.14. The standard InChI is InChI=1S/C17H20O/c1-14-7-6-8-15(2)17(14)11-12-18-13-16-9-4-3-5-10-16/h3-10H,11-13H2,1-2H3. The van der Waals surface area contributed by atoms with E-state index in [0.29, 0.717) is 6.61 Å². The van der Waals surface area contributed by atoms with Crippen LogP contribution in [-0.4, -0.2) is 6.61 Å². The van der Waals surface area contributed by atoms with E-state index in [9.17, 15) is 0 Å². The average Bonchev–Trinajstić information content (AvgIpc) is 2.38. The quantitative estimate of drug-likeness (QED) is 0.716. The van der Waals surface area contributed by atoms with Gasteiger partial charge in [-0.15, -0.1) is 0 Å². The molecule has 2 aromatic carbocycles. The second-order valence-electron chi connectivity index (χ2n) is 4.66. The molecule has 0 aliphatic carbocycles. The van der Waals surface area contributed by atoms with Crippen LogP contribution in [0.4, 0.5) is 0 Å². The summed E-state index contributed by atoms with van der Waals surface area (Å²) >= 11 is 0. The van der Waals surface area contributed by atoms with Gasteiger partial charge in [-0.3, -0.25) is 0 Å². The second kappa shape index (κ2) is 6.36. The molecule has 0 atom stereocenters. The predicted octanol–water partition coefficient (Wildman–Crippen LogP) is 4.06. The topological polar surface area (TPSA) is 9.23 Å². The SMILES string of the molecule is Cc1cccc(C)c1CCOCc1ccccc1. The smallest absolute Gasteiger partial charge is 0.0717 e. The number of hydrogen-bond donors (Lipinski definition) is 0. The minimum Gasteiger partial charge on any atom is -0.376 e.